The highest BCUT2D eigenvalue weighted by molar-refractivity contribution is 6.01. The van der Waals surface area contributed by atoms with Gasteiger partial charge in [0.05, 0.1) is 11.1 Å². The Morgan fingerprint density at radius 3 is 1.61 bits per heavy atom. The van der Waals surface area contributed by atoms with Crippen LogP contribution in [0.25, 0.3) is 0 Å². The molecule has 18 heavy (non-hydrogen) atoms. The van der Waals surface area contributed by atoms with E-state index >= 15 is 0 Å². The molecule has 0 saturated heterocycles. The second kappa shape index (κ2) is 8.25. The molecule has 1 aromatic rings. The first-order valence-corrected chi connectivity index (χ1v) is 5.60. The molecule has 0 spiro atoms. The number of hydrogen-bond acceptors (Lipinski definition) is 3. The molecule has 5 heteroatoms. The van der Waals surface area contributed by atoms with Gasteiger partial charge in [-0.1, -0.05) is 19.1 Å². The summed E-state index contributed by atoms with van der Waals surface area (Å²) in [5.41, 5.74) is -0.380. The number of carboxylic acids is 2. The van der Waals surface area contributed by atoms with Crippen LogP contribution in [0.3, 0.4) is 0 Å². The normalized spacial score (nSPS) is 9.56. The third-order valence-electron chi connectivity index (χ3n) is 2.06. The second-order valence-corrected chi connectivity index (χ2v) is 3.96. The van der Waals surface area contributed by atoms with E-state index < -0.39 is 11.9 Å². The van der Waals surface area contributed by atoms with Gasteiger partial charge in [-0.25, -0.2) is 9.59 Å². The van der Waals surface area contributed by atoms with Crippen molar-refractivity contribution in [2.75, 3.05) is 20.6 Å². The average molecular weight is 253 g/mol. The van der Waals surface area contributed by atoms with Gasteiger partial charge in [0.1, 0.15) is 0 Å². The Kier molecular flexibility index (Phi) is 7.38. The lowest BCUT2D eigenvalue weighted by Crippen LogP contribution is -2.11. The molecule has 1 rings (SSSR count). The smallest absolute Gasteiger partial charge is 0.336 e. The van der Waals surface area contributed by atoms with Crippen molar-refractivity contribution in [1.82, 2.24) is 4.90 Å². The summed E-state index contributed by atoms with van der Waals surface area (Å²) in [5.74, 6) is -2.46. The van der Waals surface area contributed by atoms with Gasteiger partial charge >= 0.3 is 11.9 Å². The summed E-state index contributed by atoms with van der Waals surface area (Å²) in [7, 11) is 4.17. The predicted octanol–water partition coefficient (Wildman–Crippen LogP) is 2.04. The maximum atomic E-state index is 10.5. The number of nitrogens with zero attached hydrogens (tertiary/aromatic N) is 1. The van der Waals surface area contributed by atoms with E-state index in [2.05, 4.69) is 25.9 Å². The van der Waals surface area contributed by atoms with Crippen LogP contribution in [0.4, 0.5) is 0 Å². The molecule has 0 aromatic heterocycles. The molecule has 0 unspecified atom stereocenters. The van der Waals surface area contributed by atoms with Gasteiger partial charge in [0.2, 0.25) is 0 Å². The summed E-state index contributed by atoms with van der Waals surface area (Å²) in [5, 5.41) is 17.1. The summed E-state index contributed by atoms with van der Waals surface area (Å²) in [6.45, 7) is 3.39. The Hall–Kier alpha value is -1.88. The highest BCUT2D eigenvalue weighted by atomic mass is 16.4. The van der Waals surface area contributed by atoms with Crippen LogP contribution >= 0.6 is 0 Å². The van der Waals surface area contributed by atoms with Gasteiger partial charge in [0.15, 0.2) is 0 Å². The molecule has 0 amide bonds. The minimum Gasteiger partial charge on any atom is -0.478 e. The quantitative estimate of drug-likeness (QED) is 0.858. The van der Waals surface area contributed by atoms with Crippen LogP contribution in [0, 0.1) is 0 Å². The van der Waals surface area contributed by atoms with Crippen molar-refractivity contribution in [3.05, 3.63) is 35.4 Å². The van der Waals surface area contributed by atoms with Gasteiger partial charge in [-0.3, -0.25) is 0 Å². The minimum atomic E-state index is -1.23. The SMILES string of the molecule is CCCN(C)C.O=C(O)c1ccccc1C(=O)O. The molecule has 0 aliphatic rings. The minimum absolute atomic E-state index is 0.190. The van der Waals surface area contributed by atoms with Crippen molar-refractivity contribution in [3.63, 3.8) is 0 Å². The largest absolute Gasteiger partial charge is 0.478 e. The van der Waals surface area contributed by atoms with Gasteiger partial charge in [-0.05, 0) is 39.2 Å². The lowest BCUT2D eigenvalue weighted by atomic mass is 10.1. The average Bonchev–Trinajstić information content (AvgIpc) is 2.29. The summed E-state index contributed by atoms with van der Waals surface area (Å²) >= 11 is 0. The van der Waals surface area contributed by atoms with Gasteiger partial charge in [-0.15, -0.1) is 0 Å². The highest BCUT2D eigenvalue weighted by Crippen LogP contribution is 2.07. The van der Waals surface area contributed by atoms with Crippen LogP contribution in [0.1, 0.15) is 34.1 Å². The maximum absolute atomic E-state index is 10.5. The summed E-state index contributed by atoms with van der Waals surface area (Å²) in [4.78, 5) is 23.1. The molecule has 0 fully saturated rings. The monoisotopic (exact) mass is 253 g/mol. The van der Waals surface area contributed by atoms with E-state index in [-0.39, 0.29) is 11.1 Å². The second-order valence-electron chi connectivity index (χ2n) is 3.96. The van der Waals surface area contributed by atoms with Gasteiger partial charge in [0.25, 0.3) is 0 Å². The van der Waals surface area contributed by atoms with Crippen molar-refractivity contribution in [1.29, 1.82) is 0 Å². The van der Waals surface area contributed by atoms with E-state index in [0.717, 1.165) is 0 Å². The number of aromatic carboxylic acids is 2. The first-order valence-electron chi connectivity index (χ1n) is 5.60. The molecule has 0 atom stereocenters. The Labute approximate surface area is 107 Å². The Balaban J connectivity index is 0.000000411. The van der Waals surface area contributed by atoms with E-state index in [1.54, 1.807) is 0 Å². The van der Waals surface area contributed by atoms with Crippen LogP contribution in [-0.2, 0) is 0 Å². The molecule has 0 heterocycles. The zero-order chi connectivity index (χ0) is 14.1. The lowest BCUT2D eigenvalue weighted by Gasteiger charge is -2.03. The van der Waals surface area contributed by atoms with Gasteiger partial charge in [0, 0.05) is 0 Å². The molecule has 2 N–H and O–H groups in total. The fraction of sp³-hybridized carbons (Fsp3) is 0.385. The van der Waals surface area contributed by atoms with Crippen LogP contribution in [-0.4, -0.2) is 47.7 Å². The van der Waals surface area contributed by atoms with Crippen molar-refractivity contribution < 1.29 is 19.8 Å². The summed E-state index contributed by atoms with van der Waals surface area (Å²) in [6, 6.07) is 5.48. The van der Waals surface area contributed by atoms with Crippen molar-refractivity contribution >= 4 is 11.9 Å². The van der Waals surface area contributed by atoms with Crippen LogP contribution < -0.4 is 0 Å². The van der Waals surface area contributed by atoms with Crippen molar-refractivity contribution in [2.24, 2.45) is 0 Å². The van der Waals surface area contributed by atoms with Crippen LogP contribution in [0.5, 0.6) is 0 Å². The molecule has 1 aromatic carbocycles. The van der Waals surface area contributed by atoms with Crippen LogP contribution in [0.2, 0.25) is 0 Å². The van der Waals surface area contributed by atoms with E-state index in [9.17, 15) is 9.59 Å². The zero-order valence-corrected chi connectivity index (χ0v) is 10.9. The fourth-order valence-corrected chi connectivity index (χ4v) is 1.30. The Morgan fingerprint density at radius 2 is 1.44 bits per heavy atom. The molecular formula is C13H19NO4. The molecule has 0 radical (unpaired) electrons. The molecule has 0 bridgehead atoms. The Morgan fingerprint density at radius 1 is 1.06 bits per heavy atom. The predicted molar refractivity (Wildman–Crippen MR) is 69.2 cm³/mol. The zero-order valence-electron chi connectivity index (χ0n) is 10.9. The lowest BCUT2D eigenvalue weighted by molar-refractivity contribution is 0.0651. The van der Waals surface area contributed by atoms with Gasteiger partial charge < -0.3 is 15.1 Å². The molecule has 0 aliphatic carbocycles. The summed E-state index contributed by atoms with van der Waals surface area (Å²) in [6.07, 6.45) is 1.26. The fourth-order valence-electron chi connectivity index (χ4n) is 1.30. The number of hydrogen-bond donors (Lipinski definition) is 2. The van der Waals surface area contributed by atoms with Crippen LogP contribution in [0.15, 0.2) is 24.3 Å². The first kappa shape index (κ1) is 16.1. The van der Waals surface area contributed by atoms with Gasteiger partial charge in [-0.2, -0.15) is 0 Å². The molecule has 5 nitrogen and oxygen atoms in total. The molecule has 100 valence electrons. The molecule has 0 aliphatic heterocycles. The van der Waals surface area contributed by atoms with E-state index in [4.69, 9.17) is 10.2 Å². The topological polar surface area (TPSA) is 77.8 Å². The number of carboxylic acid groups (broad SMARTS) is 2. The number of carbonyl (C=O) groups is 2. The Bertz CT molecular complexity index is 369. The molecule has 0 saturated carbocycles. The molecular weight excluding hydrogens is 234 g/mol. The standard InChI is InChI=1S/C8H6O4.C5H13N/c9-7(10)5-3-1-2-4-6(5)8(11)12;1-4-5-6(2)3/h1-4H,(H,9,10)(H,11,12);4-5H2,1-3H3. The summed E-state index contributed by atoms with van der Waals surface area (Å²) < 4.78 is 0. The van der Waals surface area contributed by atoms with E-state index in [0.29, 0.717) is 0 Å². The number of rotatable bonds is 4. The van der Waals surface area contributed by atoms with E-state index in [1.165, 1.54) is 37.2 Å². The third-order valence-corrected chi connectivity index (χ3v) is 2.06. The van der Waals surface area contributed by atoms with Crippen molar-refractivity contribution in [2.45, 2.75) is 13.3 Å². The maximum Gasteiger partial charge on any atom is 0.336 e. The third kappa shape index (κ3) is 6.00. The first-order chi connectivity index (χ1) is 8.40. The van der Waals surface area contributed by atoms with Crippen molar-refractivity contribution in [3.8, 4) is 0 Å². The number of benzene rings is 1. The van der Waals surface area contributed by atoms with E-state index in [1.807, 2.05) is 0 Å². The highest BCUT2D eigenvalue weighted by Gasteiger charge is 2.13.